The number of hydrogen-bond acceptors (Lipinski definition) is 4. The van der Waals surface area contributed by atoms with Crippen molar-refractivity contribution in [1.82, 2.24) is 4.57 Å². The van der Waals surface area contributed by atoms with Crippen LogP contribution in [-0.4, -0.2) is 22.5 Å². The lowest BCUT2D eigenvalue weighted by Gasteiger charge is -2.14. The van der Waals surface area contributed by atoms with E-state index < -0.39 is 23.8 Å². The molecular weight excluding hydrogens is 339 g/mol. The molecule has 1 N–H and O–H groups in total. The van der Waals surface area contributed by atoms with Gasteiger partial charge in [0.05, 0.1) is 5.02 Å². The fraction of sp³-hybridized carbons (Fsp3) is 0.188. The standard InChI is InChI=1S/C16H14ClFN2O4/c1-10(16(23)19-11-5-6-13(18)12(17)8-11)24-15(22)9-20-7-3-2-4-14(20)21/h2-8,10H,9H2,1H3,(H,19,23)/t10-/m0/s1. The van der Waals surface area contributed by atoms with Gasteiger partial charge in [-0.25, -0.2) is 4.39 Å². The fourth-order valence-electron chi connectivity index (χ4n) is 1.84. The number of rotatable bonds is 5. The molecule has 24 heavy (non-hydrogen) atoms. The average molecular weight is 353 g/mol. The van der Waals surface area contributed by atoms with Gasteiger partial charge in [-0.3, -0.25) is 14.4 Å². The maximum absolute atomic E-state index is 13.1. The van der Waals surface area contributed by atoms with Crippen LogP contribution in [0.25, 0.3) is 0 Å². The van der Waals surface area contributed by atoms with Gasteiger partial charge in [0, 0.05) is 18.0 Å². The first-order chi connectivity index (χ1) is 11.4. The van der Waals surface area contributed by atoms with Crippen molar-refractivity contribution in [3.63, 3.8) is 0 Å². The Kier molecular flexibility index (Phi) is 5.70. The number of nitrogens with one attached hydrogen (secondary N) is 1. The molecule has 0 aliphatic carbocycles. The third kappa shape index (κ3) is 4.66. The summed E-state index contributed by atoms with van der Waals surface area (Å²) in [6, 6.07) is 8.14. The van der Waals surface area contributed by atoms with Crippen molar-refractivity contribution in [3.8, 4) is 0 Å². The number of aromatic nitrogens is 1. The largest absolute Gasteiger partial charge is 0.451 e. The monoisotopic (exact) mass is 352 g/mol. The maximum atomic E-state index is 13.1. The SMILES string of the molecule is C[C@H](OC(=O)Cn1ccccc1=O)C(=O)Nc1ccc(F)c(Cl)c1. The van der Waals surface area contributed by atoms with E-state index in [9.17, 15) is 18.8 Å². The van der Waals surface area contributed by atoms with Crippen molar-refractivity contribution in [1.29, 1.82) is 0 Å². The molecule has 1 heterocycles. The number of esters is 1. The Bertz CT molecular complexity index is 822. The Morgan fingerprint density at radius 2 is 2.08 bits per heavy atom. The minimum Gasteiger partial charge on any atom is -0.451 e. The summed E-state index contributed by atoms with van der Waals surface area (Å²) < 4.78 is 19.2. The van der Waals surface area contributed by atoms with Crippen molar-refractivity contribution >= 4 is 29.2 Å². The lowest BCUT2D eigenvalue weighted by molar-refractivity contribution is -0.153. The average Bonchev–Trinajstić information content (AvgIpc) is 2.53. The second-order valence-corrected chi connectivity index (χ2v) is 5.32. The van der Waals surface area contributed by atoms with Crippen LogP contribution in [-0.2, 0) is 20.9 Å². The van der Waals surface area contributed by atoms with E-state index in [0.29, 0.717) is 0 Å². The van der Waals surface area contributed by atoms with Gasteiger partial charge in [-0.1, -0.05) is 17.7 Å². The van der Waals surface area contributed by atoms with Crippen molar-refractivity contribution < 1.29 is 18.7 Å². The molecule has 1 atom stereocenters. The lowest BCUT2D eigenvalue weighted by atomic mass is 10.3. The summed E-state index contributed by atoms with van der Waals surface area (Å²) in [7, 11) is 0. The molecule has 8 heteroatoms. The number of halogens is 2. The maximum Gasteiger partial charge on any atom is 0.326 e. The molecule has 0 radical (unpaired) electrons. The molecular formula is C16H14ClFN2O4. The number of carbonyl (C=O) groups is 2. The summed E-state index contributed by atoms with van der Waals surface area (Å²) in [6.45, 7) is 1.08. The van der Waals surface area contributed by atoms with Crippen LogP contribution >= 0.6 is 11.6 Å². The molecule has 1 aromatic carbocycles. The van der Waals surface area contributed by atoms with Gasteiger partial charge in [-0.05, 0) is 31.2 Å². The molecule has 0 aliphatic heterocycles. The number of hydrogen-bond donors (Lipinski definition) is 1. The van der Waals surface area contributed by atoms with E-state index in [2.05, 4.69) is 5.32 Å². The van der Waals surface area contributed by atoms with Gasteiger partial charge < -0.3 is 14.6 Å². The highest BCUT2D eigenvalue weighted by Crippen LogP contribution is 2.19. The molecule has 0 aliphatic rings. The summed E-state index contributed by atoms with van der Waals surface area (Å²) in [5.74, 6) is -1.95. The fourth-order valence-corrected chi connectivity index (χ4v) is 2.02. The Balaban J connectivity index is 1.93. The van der Waals surface area contributed by atoms with Crippen LogP contribution < -0.4 is 10.9 Å². The van der Waals surface area contributed by atoms with E-state index in [0.717, 1.165) is 10.6 Å². The topological polar surface area (TPSA) is 77.4 Å². The molecule has 2 aromatic rings. The number of carbonyl (C=O) groups excluding carboxylic acids is 2. The first-order valence-corrected chi connectivity index (χ1v) is 7.35. The molecule has 0 saturated carbocycles. The number of benzene rings is 1. The van der Waals surface area contributed by atoms with E-state index in [4.69, 9.17) is 16.3 Å². The first-order valence-electron chi connectivity index (χ1n) is 6.97. The minimum absolute atomic E-state index is 0.138. The molecule has 0 saturated heterocycles. The van der Waals surface area contributed by atoms with Crippen LogP contribution in [0.15, 0.2) is 47.4 Å². The highest BCUT2D eigenvalue weighted by molar-refractivity contribution is 6.31. The Morgan fingerprint density at radius 1 is 1.33 bits per heavy atom. The number of amides is 1. The van der Waals surface area contributed by atoms with Gasteiger partial charge in [-0.15, -0.1) is 0 Å². The molecule has 0 unspecified atom stereocenters. The van der Waals surface area contributed by atoms with E-state index in [-0.39, 0.29) is 22.8 Å². The lowest BCUT2D eigenvalue weighted by Crippen LogP contribution is -2.32. The third-order valence-electron chi connectivity index (χ3n) is 3.06. The van der Waals surface area contributed by atoms with Gasteiger partial charge in [0.1, 0.15) is 12.4 Å². The quantitative estimate of drug-likeness (QED) is 0.837. The van der Waals surface area contributed by atoms with Crippen LogP contribution in [0.4, 0.5) is 10.1 Å². The van der Waals surface area contributed by atoms with Crippen molar-refractivity contribution in [3.05, 3.63) is 63.8 Å². The van der Waals surface area contributed by atoms with Gasteiger partial charge in [0.2, 0.25) is 0 Å². The normalized spacial score (nSPS) is 11.6. The molecule has 2 rings (SSSR count). The predicted octanol–water partition coefficient (Wildman–Crippen LogP) is 2.21. The zero-order chi connectivity index (χ0) is 17.7. The van der Waals surface area contributed by atoms with E-state index in [1.54, 1.807) is 12.1 Å². The molecule has 6 nitrogen and oxygen atoms in total. The second-order valence-electron chi connectivity index (χ2n) is 4.92. The van der Waals surface area contributed by atoms with Gasteiger partial charge in [0.25, 0.3) is 11.5 Å². The van der Waals surface area contributed by atoms with E-state index in [1.165, 1.54) is 31.3 Å². The van der Waals surface area contributed by atoms with Crippen LogP contribution in [0.5, 0.6) is 0 Å². The Hall–Kier alpha value is -2.67. The van der Waals surface area contributed by atoms with Crippen LogP contribution in [0.2, 0.25) is 5.02 Å². The molecule has 126 valence electrons. The van der Waals surface area contributed by atoms with Gasteiger partial charge in [0.15, 0.2) is 6.10 Å². The summed E-state index contributed by atoms with van der Waals surface area (Å²) in [6.07, 6.45) is 0.343. The second kappa shape index (κ2) is 7.74. The summed E-state index contributed by atoms with van der Waals surface area (Å²) >= 11 is 5.62. The third-order valence-corrected chi connectivity index (χ3v) is 3.35. The van der Waals surface area contributed by atoms with Crippen molar-refractivity contribution in [2.75, 3.05) is 5.32 Å². The minimum atomic E-state index is -1.10. The molecule has 0 fully saturated rings. The number of ether oxygens (including phenoxy) is 1. The van der Waals surface area contributed by atoms with Crippen molar-refractivity contribution in [2.45, 2.75) is 19.6 Å². The predicted molar refractivity (Wildman–Crippen MR) is 86.3 cm³/mol. The van der Waals surface area contributed by atoms with Crippen molar-refractivity contribution in [2.24, 2.45) is 0 Å². The molecule has 0 bridgehead atoms. The van der Waals surface area contributed by atoms with E-state index in [1.807, 2.05) is 0 Å². The highest BCUT2D eigenvalue weighted by Gasteiger charge is 2.18. The number of anilines is 1. The number of pyridine rings is 1. The summed E-state index contributed by atoms with van der Waals surface area (Å²) in [5.41, 5.74) is -0.0823. The van der Waals surface area contributed by atoms with E-state index >= 15 is 0 Å². The highest BCUT2D eigenvalue weighted by atomic mass is 35.5. The smallest absolute Gasteiger partial charge is 0.326 e. The number of nitrogens with zero attached hydrogens (tertiary/aromatic N) is 1. The first kappa shape index (κ1) is 17.7. The molecule has 0 spiro atoms. The van der Waals surface area contributed by atoms with Crippen LogP contribution in [0.1, 0.15) is 6.92 Å². The summed E-state index contributed by atoms with van der Waals surface area (Å²) in [4.78, 5) is 35.3. The zero-order valence-corrected chi connectivity index (χ0v) is 13.4. The van der Waals surface area contributed by atoms with Gasteiger partial charge in [-0.2, -0.15) is 0 Å². The van der Waals surface area contributed by atoms with Crippen LogP contribution in [0.3, 0.4) is 0 Å². The Morgan fingerprint density at radius 3 is 2.75 bits per heavy atom. The summed E-state index contributed by atoms with van der Waals surface area (Å²) in [5, 5.41) is 2.32. The molecule has 1 amide bonds. The van der Waals surface area contributed by atoms with Crippen LogP contribution in [0, 0.1) is 5.82 Å². The zero-order valence-electron chi connectivity index (χ0n) is 12.7. The van der Waals surface area contributed by atoms with Gasteiger partial charge >= 0.3 is 5.97 Å². The Labute approximate surface area is 141 Å². The molecule has 1 aromatic heterocycles.